The molecule has 4 nitrogen and oxygen atoms in total. The predicted octanol–water partition coefficient (Wildman–Crippen LogP) is 4.69. The zero-order chi connectivity index (χ0) is 18.2. The third-order valence-corrected chi connectivity index (χ3v) is 8.44. The van der Waals surface area contributed by atoms with Gasteiger partial charge in [-0.1, -0.05) is 30.1 Å². The number of likely N-dealkylation sites (tertiary alicyclic amines) is 1. The molecule has 26 heavy (non-hydrogen) atoms. The van der Waals surface area contributed by atoms with Gasteiger partial charge >= 0.3 is 0 Å². The van der Waals surface area contributed by atoms with E-state index in [9.17, 15) is 8.42 Å². The molecule has 1 aliphatic heterocycles. The van der Waals surface area contributed by atoms with E-state index >= 15 is 0 Å². The van der Waals surface area contributed by atoms with Crippen LogP contribution in [-0.2, 0) is 10.0 Å². The fourth-order valence-corrected chi connectivity index (χ4v) is 5.78. The monoisotopic (exact) mass is 440 g/mol. The van der Waals surface area contributed by atoms with Crippen LogP contribution in [0.1, 0.15) is 39.0 Å². The van der Waals surface area contributed by atoms with Crippen molar-refractivity contribution in [3.63, 3.8) is 0 Å². The molecule has 1 aromatic rings. The van der Waals surface area contributed by atoms with E-state index in [1.54, 1.807) is 7.05 Å². The summed E-state index contributed by atoms with van der Waals surface area (Å²) in [6.07, 6.45) is 5.39. The largest absolute Gasteiger partial charge is 0.300 e. The molecule has 0 spiro atoms. The van der Waals surface area contributed by atoms with Crippen LogP contribution >= 0.6 is 35.6 Å². The number of hydrogen-bond acceptors (Lipinski definition) is 3. The number of hydrogen-bond donors (Lipinski definition) is 0. The predicted molar refractivity (Wildman–Crippen MR) is 110 cm³/mol. The van der Waals surface area contributed by atoms with Crippen LogP contribution in [-0.4, -0.2) is 49.8 Å². The van der Waals surface area contributed by atoms with Crippen molar-refractivity contribution in [1.29, 1.82) is 0 Å². The first-order chi connectivity index (χ1) is 11.8. The molecule has 2 unspecified atom stereocenters. The lowest BCUT2D eigenvalue weighted by molar-refractivity contribution is 0.136. The first-order valence-corrected chi connectivity index (χ1v) is 11.2. The minimum atomic E-state index is -3.55. The second-order valence-corrected chi connectivity index (χ2v) is 10.2. The summed E-state index contributed by atoms with van der Waals surface area (Å²) in [7, 11) is -1.87. The Morgan fingerprint density at radius 1 is 1.08 bits per heavy atom. The third kappa shape index (κ3) is 4.68. The van der Waals surface area contributed by atoms with E-state index in [0.29, 0.717) is 11.1 Å². The van der Waals surface area contributed by atoms with Crippen LogP contribution in [0.4, 0.5) is 0 Å². The van der Waals surface area contributed by atoms with Crippen molar-refractivity contribution in [1.82, 2.24) is 9.21 Å². The topological polar surface area (TPSA) is 40.6 Å². The van der Waals surface area contributed by atoms with Crippen molar-refractivity contribution >= 4 is 45.6 Å². The van der Waals surface area contributed by atoms with Gasteiger partial charge in [0.25, 0.3) is 0 Å². The highest BCUT2D eigenvalue weighted by Crippen LogP contribution is 2.33. The van der Waals surface area contributed by atoms with Gasteiger partial charge in [0.15, 0.2) is 0 Å². The van der Waals surface area contributed by atoms with Crippen LogP contribution in [0, 0.1) is 5.92 Å². The van der Waals surface area contributed by atoms with Crippen LogP contribution in [0.5, 0.6) is 0 Å². The Labute approximate surface area is 173 Å². The SMILES string of the molecule is CC1CCN(C2CCC(N(C)S(=O)(=O)c3ccc(Cl)c(Cl)c3)C2)CC1.Cl. The maximum absolute atomic E-state index is 12.9. The fourth-order valence-electron chi connectivity index (χ4n) is 3.99. The first kappa shape index (κ1) is 22.3. The van der Waals surface area contributed by atoms with E-state index < -0.39 is 10.0 Å². The minimum Gasteiger partial charge on any atom is -0.300 e. The van der Waals surface area contributed by atoms with Gasteiger partial charge in [0, 0.05) is 19.1 Å². The number of nitrogens with zero attached hydrogens (tertiary/aromatic N) is 2. The van der Waals surface area contributed by atoms with Gasteiger partial charge < -0.3 is 4.90 Å². The van der Waals surface area contributed by atoms with Crippen LogP contribution in [0.15, 0.2) is 23.1 Å². The lowest BCUT2D eigenvalue weighted by atomic mass is 9.97. The molecule has 0 amide bonds. The lowest BCUT2D eigenvalue weighted by Crippen LogP contribution is -2.41. The maximum Gasteiger partial charge on any atom is 0.243 e. The van der Waals surface area contributed by atoms with Gasteiger partial charge in [0.2, 0.25) is 10.0 Å². The molecule has 0 radical (unpaired) electrons. The zero-order valence-electron chi connectivity index (χ0n) is 15.2. The Hall–Kier alpha value is -0.0400. The highest BCUT2D eigenvalue weighted by atomic mass is 35.5. The quantitative estimate of drug-likeness (QED) is 0.680. The molecule has 148 valence electrons. The average Bonchev–Trinajstić information content (AvgIpc) is 3.07. The summed E-state index contributed by atoms with van der Waals surface area (Å²) in [5.74, 6) is 0.811. The number of sulfonamides is 1. The summed E-state index contributed by atoms with van der Waals surface area (Å²) >= 11 is 11.9. The third-order valence-electron chi connectivity index (χ3n) is 5.79. The molecule has 1 saturated heterocycles. The van der Waals surface area contributed by atoms with Gasteiger partial charge in [-0.05, 0) is 69.3 Å². The molecule has 0 N–H and O–H groups in total. The molecule has 0 bridgehead atoms. The molecule has 2 atom stereocenters. The summed E-state index contributed by atoms with van der Waals surface area (Å²) in [6, 6.07) is 5.05. The van der Waals surface area contributed by atoms with Crippen LogP contribution in [0.2, 0.25) is 10.0 Å². The first-order valence-electron chi connectivity index (χ1n) is 8.96. The van der Waals surface area contributed by atoms with Gasteiger partial charge in [0.1, 0.15) is 0 Å². The number of piperidine rings is 1. The van der Waals surface area contributed by atoms with E-state index in [1.165, 1.54) is 35.3 Å². The Morgan fingerprint density at radius 3 is 2.35 bits per heavy atom. The summed E-state index contributed by atoms with van der Waals surface area (Å²) in [4.78, 5) is 2.76. The molecule has 1 heterocycles. The van der Waals surface area contributed by atoms with E-state index in [0.717, 1.165) is 38.3 Å². The van der Waals surface area contributed by atoms with Crippen molar-refractivity contribution < 1.29 is 8.42 Å². The number of halogens is 3. The van der Waals surface area contributed by atoms with E-state index in [2.05, 4.69) is 11.8 Å². The van der Waals surface area contributed by atoms with Crippen molar-refractivity contribution in [3.05, 3.63) is 28.2 Å². The molecule has 1 saturated carbocycles. The molecule has 3 rings (SSSR count). The second kappa shape index (κ2) is 8.97. The van der Waals surface area contributed by atoms with Gasteiger partial charge in [-0.15, -0.1) is 12.4 Å². The van der Waals surface area contributed by atoms with Crippen molar-refractivity contribution in [2.45, 2.75) is 56.0 Å². The Morgan fingerprint density at radius 2 is 1.73 bits per heavy atom. The number of rotatable bonds is 4. The molecular weight excluding hydrogens is 415 g/mol. The van der Waals surface area contributed by atoms with Crippen molar-refractivity contribution in [3.8, 4) is 0 Å². The van der Waals surface area contributed by atoms with Crippen LogP contribution < -0.4 is 0 Å². The molecule has 2 aliphatic rings. The highest BCUT2D eigenvalue weighted by Gasteiger charge is 2.37. The maximum atomic E-state index is 12.9. The van der Waals surface area contributed by atoms with Crippen molar-refractivity contribution in [2.75, 3.05) is 20.1 Å². The summed E-state index contributed by atoms with van der Waals surface area (Å²) in [5, 5.41) is 0.631. The Kier molecular flexibility index (Phi) is 7.68. The van der Waals surface area contributed by atoms with Gasteiger partial charge in [0.05, 0.1) is 14.9 Å². The summed E-state index contributed by atoms with van der Waals surface area (Å²) in [6.45, 7) is 4.59. The van der Waals surface area contributed by atoms with Crippen LogP contribution in [0.25, 0.3) is 0 Å². The molecule has 2 fully saturated rings. The zero-order valence-corrected chi connectivity index (χ0v) is 18.3. The average molecular weight is 442 g/mol. The van der Waals surface area contributed by atoms with E-state index in [-0.39, 0.29) is 28.4 Å². The second-order valence-electron chi connectivity index (χ2n) is 7.44. The molecule has 1 aliphatic carbocycles. The lowest BCUT2D eigenvalue weighted by Gasteiger charge is -2.35. The number of benzene rings is 1. The van der Waals surface area contributed by atoms with Gasteiger partial charge in [-0.3, -0.25) is 0 Å². The van der Waals surface area contributed by atoms with Crippen LogP contribution in [0.3, 0.4) is 0 Å². The molecule has 8 heteroatoms. The normalized spacial score (nSPS) is 25.4. The van der Waals surface area contributed by atoms with E-state index in [1.807, 2.05) is 0 Å². The molecule has 0 aromatic heterocycles. The fraction of sp³-hybridized carbons (Fsp3) is 0.667. The molecular formula is C18H27Cl3N2O2S. The summed E-state index contributed by atoms with van der Waals surface area (Å²) < 4.78 is 27.4. The van der Waals surface area contributed by atoms with E-state index in [4.69, 9.17) is 23.2 Å². The van der Waals surface area contributed by atoms with Gasteiger partial charge in [-0.25, -0.2) is 8.42 Å². The summed E-state index contributed by atoms with van der Waals surface area (Å²) in [5.41, 5.74) is 0. The standard InChI is InChI=1S/C18H26Cl2N2O2S.ClH/c1-13-7-9-22(10-8-13)15-4-3-14(11-15)21(2)25(23,24)16-5-6-17(19)18(20)12-16;/h5-6,12-15H,3-4,7-11H2,1-2H3;1H. The molecule has 1 aromatic carbocycles. The Bertz CT molecular complexity index is 721. The smallest absolute Gasteiger partial charge is 0.243 e. The minimum absolute atomic E-state index is 0. The van der Waals surface area contributed by atoms with Crippen molar-refractivity contribution in [2.24, 2.45) is 5.92 Å². The highest BCUT2D eigenvalue weighted by molar-refractivity contribution is 7.89. The van der Waals surface area contributed by atoms with Gasteiger partial charge in [-0.2, -0.15) is 4.31 Å². The Balaban J connectivity index is 0.00000243.